The predicted molar refractivity (Wildman–Crippen MR) is 85.9 cm³/mol. The van der Waals surface area contributed by atoms with Gasteiger partial charge in [-0.3, -0.25) is 4.79 Å². The Morgan fingerprint density at radius 3 is 3.05 bits per heavy atom. The van der Waals surface area contributed by atoms with Crippen LogP contribution in [0.15, 0.2) is 28.0 Å². The maximum absolute atomic E-state index is 12.3. The second kappa shape index (κ2) is 6.41. The third-order valence-electron chi connectivity index (χ3n) is 3.60. The van der Waals surface area contributed by atoms with Gasteiger partial charge in [0.15, 0.2) is 0 Å². The molecule has 21 heavy (non-hydrogen) atoms. The Labute approximate surface area is 131 Å². The molecule has 0 aromatic carbocycles. The summed E-state index contributed by atoms with van der Waals surface area (Å²) in [4.78, 5) is 14.5. The van der Waals surface area contributed by atoms with E-state index in [1.54, 1.807) is 11.3 Å². The van der Waals surface area contributed by atoms with E-state index in [9.17, 15) is 4.79 Å². The number of amides is 1. The summed E-state index contributed by atoms with van der Waals surface area (Å²) in [6.45, 7) is 0.644. The van der Waals surface area contributed by atoms with Crippen LogP contribution in [-0.2, 0) is 12.8 Å². The highest BCUT2D eigenvalue weighted by Crippen LogP contribution is 2.30. The van der Waals surface area contributed by atoms with Crippen molar-refractivity contribution in [3.05, 3.63) is 43.8 Å². The molecule has 0 aliphatic heterocycles. The van der Waals surface area contributed by atoms with E-state index >= 15 is 0 Å². The SMILES string of the molecule is O=C(NCCc1cccs1)c1csc2c1CCC/C2=N/O. The normalized spacial score (nSPS) is 15.9. The van der Waals surface area contributed by atoms with Crippen LogP contribution in [0.25, 0.3) is 0 Å². The molecule has 1 amide bonds. The number of carbonyl (C=O) groups excluding carboxylic acids is 1. The van der Waals surface area contributed by atoms with Crippen molar-refractivity contribution < 1.29 is 10.0 Å². The average Bonchev–Trinajstić information content (AvgIpc) is 3.15. The van der Waals surface area contributed by atoms with Crippen LogP contribution >= 0.6 is 22.7 Å². The molecule has 4 nitrogen and oxygen atoms in total. The van der Waals surface area contributed by atoms with Gasteiger partial charge < -0.3 is 10.5 Å². The van der Waals surface area contributed by atoms with Crippen LogP contribution in [-0.4, -0.2) is 23.4 Å². The summed E-state index contributed by atoms with van der Waals surface area (Å²) in [5.74, 6) is -0.0248. The zero-order chi connectivity index (χ0) is 14.7. The van der Waals surface area contributed by atoms with Crippen molar-refractivity contribution in [3.63, 3.8) is 0 Å². The van der Waals surface area contributed by atoms with Gasteiger partial charge in [0.05, 0.1) is 16.2 Å². The van der Waals surface area contributed by atoms with Crippen molar-refractivity contribution in [2.45, 2.75) is 25.7 Å². The van der Waals surface area contributed by atoms with Crippen molar-refractivity contribution in [2.75, 3.05) is 6.54 Å². The van der Waals surface area contributed by atoms with Crippen LogP contribution in [0.2, 0.25) is 0 Å². The minimum Gasteiger partial charge on any atom is -0.411 e. The van der Waals surface area contributed by atoms with Crippen LogP contribution in [0.3, 0.4) is 0 Å². The van der Waals surface area contributed by atoms with Gasteiger partial charge in [0.25, 0.3) is 5.91 Å². The molecule has 6 heteroatoms. The van der Waals surface area contributed by atoms with E-state index in [4.69, 9.17) is 5.21 Å². The Morgan fingerprint density at radius 2 is 2.29 bits per heavy atom. The van der Waals surface area contributed by atoms with Crippen LogP contribution in [0.5, 0.6) is 0 Å². The fraction of sp³-hybridized carbons (Fsp3) is 0.333. The van der Waals surface area contributed by atoms with E-state index < -0.39 is 0 Å². The van der Waals surface area contributed by atoms with Gasteiger partial charge in [-0.05, 0) is 42.7 Å². The monoisotopic (exact) mass is 320 g/mol. The number of thiophene rings is 2. The molecule has 0 saturated heterocycles. The lowest BCUT2D eigenvalue weighted by Gasteiger charge is -2.13. The molecule has 3 rings (SSSR count). The van der Waals surface area contributed by atoms with Gasteiger partial charge in [-0.25, -0.2) is 0 Å². The molecular weight excluding hydrogens is 304 g/mol. The Hall–Kier alpha value is -1.66. The summed E-state index contributed by atoms with van der Waals surface area (Å²) in [5, 5.41) is 19.3. The first-order valence-electron chi connectivity index (χ1n) is 6.92. The summed E-state index contributed by atoms with van der Waals surface area (Å²) in [7, 11) is 0. The van der Waals surface area contributed by atoms with Gasteiger partial charge in [-0.15, -0.1) is 22.7 Å². The van der Waals surface area contributed by atoms with Crippen LogP contribution in [0, 0.1) is 0 Å². The molecule has 0 radical (unpaired) electrons. The fourth-order valence-corrected chi connectivity index (χ4v) is 4.38. The molecule has 2 N–H and O–H groups in total. The number of carbonyl (C=O) groups is 1. The van der Waals surface area contributed by atoms with Crippen LogP contribution in [0.1, 0.15) is 38.5 Å². The van der Waals surface area contributed by atoms with Gasteiger partial charge in [-0.2, -0.15) is 0 Å². The lowest BCUT2D eigenvalue weighted by atomic mass is 9.94. The van der Waals surface area contributed by atoms with E-state index in [0.717, 1.165) is 41.7 Å². The molecular formula is C15H16N2O2S2. The number of hydrogen-bond acceptors (Lipinski definition) is 5. The average molecular weight is 320 g/mol. The number of nitrogens with one attached hydrogen (secondary N) is 1. The highest BCUT2D eigenvalue weighted by molar-refractivity contribution is 7.12. The van der Waals surface area contributed by atoms with E-state index in [-0.39, 0.29) is 5.91 Å². The highest BCUT2D eigenvalue weighted by atomic mass is 32.1. The van der Waals surface area contributed by atoms with Gasteiger partial charge in [0.1, 0.15) is 0 Å². The molecule has 0 fully saturated rings. The number of oxime groups is 1. The minimum atomic E-state index is -0.0248. The maximum Gasteiger partial charge on any atom is 0.252 e. The molecule has 0 saturated carbocycles. The molecule has 110 valence electrons. The third kappa shape index (κ3) is 3.01. The first-order chi connectivity index (χ1) is 10.3. The number of rotatable bonds is 4. The number of hydrogen-bond donors (Lipinski definition) is 2. The van der Waals surface area contributed by atoms with Crippen LogP contribution < -0.4 is 5.32 Å². The van der Waals surface area contributed by atoms with Crippen molar-refractivity contribution in [3.8, 4) is 0 Å². The molecule has 0 bridgehead atoms. The molecule has 0 unspecified atom stereocenters. The zero-order valence-electron chi connectivity index (χ0n) is 11.5. The standard InChI is InChI=1S/C15H16N2O2S2/c18-15(16-7-6-10-3-2-8-20-10)12-9-21-14-11(12)4-1-5-13(14)17-19/h2-3,8-9,19H,1,4-7H2,(H,16,18)/b17-13-. The van der Waals surface area contributed by atoms with Crippen molar-refractivity contribution >= 4 is 34.3 Å². The molecule has 0 spiro atoms. The molecule has 1 aliphatic rings. The van der Waals surface area contributed by atoms with E-state index in [2.05, 4.69) is 16.5 Å². The van der Waals surface area contributed by atoms with Gasteiger partial charge in [-0.1, -0.05) is 11.2 Å². The Bertz CT molecular complexity index is 659. The smallest absolute Gasteiger partial charge is 0.252 e. The number of fused-ring (bicyclic) bond motifs is 1. The Morgan fingerprint density at radius 1 is 1.38 bits per heavy atom. The molecule has 2 aromatic rings. The zero-order valence-corrected chi connectivity index (χ0v) is 13.1. The van der Waals surface area contributed by atoms with Gasteiger partial charge >= 0.3 is 0 Å². The van der Waals surface area contributed by atoms with E-state index in [0.29, 0.717) is 12.3 Å². The highest BCUT2D eigenvalue weighted by Gasteiger charge is 2.24. The Kier molecular flexibility index (Phi) is 4.36. The number of nitrogens with zero attached hydrogens (tertiary/aromatic N) is 1. The summed E-state index contributed by atoms with van der Waals surface area (Å²) in [6, 6.07) is 4.10. The predicted octanol–water partition coefficient (Wildman–Crippen LogP) is 3.30. The first-order valence-corrected chi connectivity index (χ1v) is 8.67. The lowest BCUT2D eigenvalue weighted by molar-refractivity contribution is 0.0953. The summed E-state index contributed by atoms with van der Waals surface area (Å²) in [5.41, 5.74) is 2.48. The quantitative estimate of drug-likeness (QED) is 0.671. The molecule has 1 aliphatic carbocycles. The van der Waals surface area contributed by atoms with Crippen molar-refractivity contribution in [2.24, 2.45) is 5.16 Å². The van der Waals surface area contributed by atoms with Gasteiger partial charge in [0, 0.05) is 16.8 Å². The molecule has 2 heterocycles. The Balaban J connectivity index is 1.67. The van der Waals surface area contributed by atoms with Gasteiger partial charge in [0.2, 0.25) is 0 Å². The van der Waals surface area contributed by atoms with E-state index in [1.807, 2.05) is 16.8 Å². The summed E-state index contributed by atoms with van der Waals surface area (Å²) >= 11 is 3.20. The van der Waals surface area contributed by atoms with Crippen molar-refractivity contribution in [1.82, 2.24) is 5.32 Å². The first kappa shape index (κ1) is 14.3. The third-order valence-corrected chi connectivity index (χ3v) is 5.61. The second-order valence-corrected chi connectivity index (χ2v) is 6.85. The summed E-state index contributed by atoms with van der Waals surface area (Å²) < 4.78 is 0. The maximum atomic E-state index is 12.3. The van der Waals surface area contributed by atoms with Crippen LogP contribution in [0.4, 0.5) is 0 Å². The molecule has 2 aromatic heterocycles. The minimum absolute atomic E-state index is 0.0248. The van der Waals surface area contributed by atoms with Crippen molar-refractivity contribution in [1.29, 1.82) is 0 Å². The lowest BCUT2D eigenvalue weighted by Crippen LogP contribution is -2.26. The topological polar surface area (TPSA) is 61.7 Å². The second-order valence-electron chi connectivity index (χ2n) is 4.94. The molecule has 0 atom stereocenters. The van der Waals surface area contributed by atoms with E-state index in [1.165, 1.54) is 16.2 Å². The fourth-order valence-electron chi connectivity index (χ4n) is 2.55. The summed E-state index contributed by atoms with van der Waals surface area (Å²) in [6.07, 6.45) is 3.45. The largest absolute Gasteiger partial charge is 0.411 e.